The first-order valence-corrected chi connectivity index (χ1v) is 7.25. The highest BCUT2D eigenvalue weighted by Crippen LogP contribution is 2.25. The van der Waals surface area contributed by atoms with Gasteiger partial charge in [-0.1, -0.05) is 49.1 Å². The summed E-state index contributed by atoms with van der Waals surface area (Å²) in [5, 5.41) is 14.4. The summed E-state index contributed by atoms with van der Waals surface area (Å²) in [7, 11) is 0. The average Bonchev–Trinajstić information content (AvgIpc) is 2.55. The van der Waals surface area contributed by atoms with Crippen molar-refractivity contribution < 1.29 is 5.11 Å². The van der Waals surface area contributed by atoms with Gasteiger partial charge in [-0.2, -0.15) is 0 Å². The van der Waals surface area contributed by atoms with Crippen molar-refractivity contribution in [3.05, 3.63) is 34.9 Å². The monoisotopic (exact) mass is 267 g/mol. The van der Waals surface area contributed by atoms with Gasteiger partial charge in [0, 0.05) is 17.1 Å². The first-order chi connectivity index (χ1) is 8.68. The Bertz CT molecular complexity index is 383. The first-order valence-electron chi connectivity index (χ1n) is 6.87. The van der Waals surface area contributed by atoms with Crippen LogP contribution >= 0.6 is 11.6 Å². The van der Waals surface area contributed by atoms with Crippen LogP contribution in [-0.2, 0) is 0 Å². The van der Waals surface area contributed by atoms with Crippen molar-refractivity contribution in [1.82, 2.24) is 5.32 Å². The molecule has 1 aliphatic carbocycles. The van der Waals surface area contributed by atoms with E-state index in [-0.39, 0.29) is 18.2 Å². The summed E-state index contributed by atoms with van der Waals surface area (Å²) in [5.41, 5.74) is 1.11. The second-order valence-electron chi connectivity index (χ2n) is 5.22. The fraction of sp³-hybridized carbons (Fsp3) is 0.600. The zero-order chi connectivity index (χ0) is 13.0. The van der Waals surface area contributed by atoms with Crippen LogP contribution in [0.5, 0.6) is 0 Å². The molecule has 1 aliphatic rings. The standard InChI is InChI=1S/C15H22ClNO/c1-11(12-7-5-6-8-13(12)16)17-14-9-3-2-4-10-15(14)18/h5-8,11,14-15,17-18H,2-4,9-10H2,1H3/t11-,14?,15?/m1/s1. The molecule has 2 nitrogen and oxygen atoms in total. The predicted molar refractivity (Wildman–Crippen MR) is 75.9 cm³/mol. The van der Waals surface area contributed by atoms with Crippen LogP contribution in [-0.4, -0.2) is 17.3 Å². The summed E-state index contributed by atoms with van der Waals surface area (Å²) < 4.78 is 0. The Hall–Kier alpha value is -0.570. The molecule has 18 heavy (non-hydrogen) atoms. The lowest BCUT2D eigenvalue weighted by Crippen LogP contribution is -2.40. The molecule has 0 radical (unpaired) electrons. The molecule has 2 unspecified atom stereocenters. The van der Waals surface area contributed by atoms with Crippen LogP contribution in [0.3, 0.4) is 0 Å². The van der Waals surface area contributed by atoms with E-state index in [4.69, 9.17) is 11.6 Å². The van der Waals surface area contributed by atoms with Gasteiger partial charge in [0.1, 0.15) is 0 Å². The summed E-state index contributed by atoms with van der Waals surface area (Å²) in [4.78, 5) is 0. The van der Waals surface area contributed by atoms with Crippen molar-refractivity contribution in [3.8, 4) is 0 Å². The molecule has 1 aromatic rings. The van der Waals surface area contributed by atoms with Gasteiger partial charge in [0.15, 0.2) is 0 Å². The summed E-state index contributed by atoms with van der Waals surface area (Å²) in [6, 6.07) is 8.28. The van der Waals surface area contributed by atoms with Crippen LogP contribution in [0.15, 0.2) is 24.3 Å². The van der Waals surface area contributed by atoms with Crippen LogP contribution in [0.1, 0.15) is 50.6 Å². The third-order valence-electron chi connectivity index (χ3n) is 3.82. The molecule has 1 fully saturated rings. The van der Waals surface area contributed by atoms with Crippen LogP contribution in [0.25, 0.3) is 0 Å². The number of halogens is 1. The molecule has 2 N–H and O–H groups in total. The van der Waals surface area contributed by atoms with Gasteiger partial charge in [0.05, 0.1) is 6.10 Å². The third kappa shape index (κ3) is 3.47. The molecule has 2 rings (SSSR count). The molecule has 0 aromatic heterocycles. The zero-order valence-corrected chi connectivity index (χ0v) is 11.7. The minimum atomic E-state index is -0.225. The van der Waals surface area contributed by atoms with E-state index in [1.807, 2.05) is 24.3 Å². The lowest BCUT2D eigenvalue weighted by molar-refractivity contribution is 0.115. The number of benzene rings is 1. The minimum absolute atomic E-state index is 0.177. The van der Waals surface area contributed by atoms with Gasteiger partial charge in [0.2, 0.25) is 0 Å². The van der Waals surface area contributed by atoms with E-state index in [9.17, 15) is 5.11 Å². The van der Waals surface area contributed by atoms with Crippen LogP contribution < -0.4 is 5.32 Å². The fourth-order valence-electron chi connectivity index (χ4n) is 2.72. The molecule has 0 aliphatic heterocycles. The molecule has 1 saturated carbocycles. The van der Waals surface area contributed by atoms with Gasteiger partial charge in [-0.25, -0.2) is 0 Å². The lowest BCUT2D eigenvalue weighted by atomic mass is 10.0. The fourth-order valence-corrected chi connectivity index (χ4v) is 3.02. The maximum atomic E-state index is 10.1. The van der Waals surface area contributed by atoms with Crippen molar-refractivity contribution in [3.63, 3.8) is 0 Å². The molecule has 0 heterocycles. The minimum Gasteiger partial charge on any atom is -0.392 e. The number of nitrogens with one attached hydrogen (secondary N) is 1. The Kier molecular flexibility index (Phi) is 5.04. The Labute approximate surface area is 114 Å². The summed E-state index contributed by atoms with van der Waals surface area (Å²) >= 11 is 6.20. The highest BCUT2D eigenvalue weighted by molar-refractivity contribution is 6.31. The van der Waals surface area contributed by atoms with Crippen molar-refractivity contribution in [2.45, 2.75) is 57.2 Å². The van der Waals surface area contributed by atoms with E-state index in [1.54, 1.807) is 0 Å². The third-order valence-corrected chi connectivity index (χ3v) is 4.16. The Morgan fingerprint density at radius 3 is 2.72 bits per heavy atom. The van der Waals surface area contributed by atoms with Gasteiger partial charge in [-0.05, 0) is 31.4 Å². The number of aliphatic hydroxyl groups excluding tert-OH is 1. The van der Waals surface area contributed by atoms with Gasteiger partial charge in [-0.3, -0.25) is 0 Å². The largest absolute Gasteiger partial charge is 0.392 e. The molecule has 3 heteroatoms. The second-order valence-corrected chi connectivity index (χ2v) is 5.63. The van der Waals surface area contributed by atoms with Crippen molar-refractivity contribution in [2.75, 3.05) is 0 Å². The normalized spacial score (nSPS) is 26.6. The number of hydrogen-bond acceptors (Lipinski definition) is 2. The quantitative estimate of drug-likeness (QED) is 0.819. The topological polar surface area (TPSA) is 32.3 Å². The number of hydrogen-bond donors (Lipinski definition) is 2. The van der Waals surface area contributed by atoms with E-state index >= 15 is 0 Å². The predicted octanol–water partition coefficient (Wildman–Crippen LogP) is 3.68. The van der Waals surface area contributed by atoms with Crippen molar-refractivity contribution >= 4 is 11.6 Å². The highest BCUT2D eigenvalue weighted by atomic mass is 35.5. The number of rotatable bonds is 3. The zero-order valence-electron chi connectivity index (χ0n) is 10.9. The molecule has 0 saturated heterocycles. The van der Waals surface area contributed by atoms with E-state index < -0.39 is 0 Å². The lowest BCUT2D eigenvalue weighted by Gasteiger charge is -2.26. The molecular weight excluding hydrogens is 246 g/mol. The smallest absolute Gasteiger partial charge is 0.0693 e. The van der Waals surface area contributed by atoms with E-state index in [1.165, 1.54) is 12.8 Å². The van der Waals surface area contributed by atoms with E-state index in [2.05, 4.69) is 12.2 Å². The van der Waals surface area contributed by atoms with E-state index in [0.29, 0.717) is 0 Å². The Morgan fingerprint density at radius 2 is 1.94 bits per heavy atom. The van der Waals surface area contributed by atoms with Crippen LogP contribution in [0, 0.1) is 0 Å². The Balaban J connectivity index is 2.02. The molecule has 0 bridgehead atoms. The van der Waals surface area contributed by atoms with Crippen molar-refractivity contribution in [1.29, 1.82) is 0 Å². The molecule has 3 atom stereocenters. The van der Waals surface area contributed by atoms with Crippen molar-refractivity contribution in [2.24, 2.45) is 0 Å². The molecular formula is C15H22ClNO. The first kappa shape index (κ1) is 13.9. The number of aliphatic hydroxyl groups is 1. The van der Waals surface area contributed by atoms with Gasteiger partial charge in [0.25, 0.3) is 0 Å². The molecule has 0 amide bonds. The second kappa shape index (κ2) is 6.55. The summed E-state index contributed by atoms with van der Waals surface area (Å²) in [6.45, 7) is 2.11. The maximum Gasteiger partial charge on any atom is 0.0693 e. The van der Waals surface area contributed by atoms with Crippen LogP contribution in [0.4, 0.5) is 0 Å². The maximum absolute atomic E-state index is 10.1. The van der Waals surface area contributed by atoms with Gasteiger partial charge >= 0.3 is 0 Å². The molecule has 0 spiro atoms. The Morgan fingerprint density at radius 1 is 1.22 bits per heavy atom. The summed E-state index contributed by atoms with van der Waals surface area (Å²) in [5.74, 6) is 0. The highest BCUT2D eigenvalue weighted by Gasteiger charge is 2.23. The van der Waals surface area contributed by atoms with Crippen LogP contribution in [0.2, 0.25) is 5.02 Å². The molecule has 100 valence electrons. The average molecular weight is 268 g/mol. The van der Waals surface area contributed by atoms with E-state index in [0.717, 1.165) is 29.8 Å². The van der Waals surface area contributed by atoms with Gasteiger partial charge in [-0.15, -0.1) is 0 Å². The SMILES string of the molecule is C[C@@H](NC1CCCCCC1O)c1ccccc1Cl. The molecule has 1 aromatic carbocycles. The van der Waals surface area contributed by atoms with Gasteiger partial charge < -0.3 is 10.4 Å². The summed E-state index contributed by atoms with van der Waals surface area (Å²) in [6.07, 6.45) is 5.31.